The van der Waals surface area contributed by atoms with Gasteiger partial charge in [-0.05, 0) is 18.1 Å². The van der Waals surface area contributed by atoms with E-state index in [0.29, 0.717) is 11.4 Å². The molecular formula is C14H20ClNO3S. The number of nitrogens with zero attached hydrogens (tertiary/aromatic N) is 1. The van der Waals surface area contributed by atoms with Crippen LogP contribution in [0.4, 0.5) is 0 Å². The second kappa shape index (κ2) is 7.09. The van der Waals surface area contributed by atoms with E-state index in [2.05, 4.69) is 0 Å². The van der Waals surface area contributed by atoms with Crippen LogP contribution in [0.25, 0.3) is 0 Å². The zero-order valence-electron chi connectivity index (χ0n) is 12.0. The fourth-order valence-electron chi connectivity index (χ4n) is 1.87. The molecule has 0 fully saturated rings. The van der Waals surface area contributed by atoms with Crippen molar-refractivity contribution < 1.29 is 13.2 Å². The minimum atomic E-state index is -3.06. The van der Waals surface area contributed by atoms with E-state index in [1.165, 1.54) is 11.2 Å². The summed E-state index contributed by atoms with van der Waals surface area (Å²) in [4.78, 5) is 13.6. The molecular weight excluding hydrogens is 298 g/mol. The van der Waals surface area contributed by atoms with E-state index in [1.54, 1.807) is 13.1 Å². The molecule has 0 radical (unpaired) electrons. The Morgan fingerprint density at radius 1 is 1.35 bits per heavy atom. The molecule has 4 nitrogen and oxygen atoms in total. The van der Waals surface area contributed by atoms with Gasteiger partial charge in [0.1, 0.15) is 9.84 Å². The first-order chi connectivity index (χ1) is 9.20. The van der Waals surface area contributed by atoms with Gasteiger partial charge in [-0.2, -0.15) is 0 Å². The molecule has 112 valence electrons. The topological polar surface area (TPSA) is 54.5 Å². The molecule has 1 amide bonds. The Kier molecular flexibility index (Phi) is 6.02. The SMILES string of the molecule is CC(Cc1ccccc1Cl)C(=O)N(C)CCS(C)(=O)=O. The van der Waals surface area contributed by atoms with E-state index >= 15 is 0 Å². The first-order valence-corrected chi connectivity index (χ1v) is 8.80. The zero-order chi connectivity index (χ0) is 15.3. The molecule has 20 heavy (non-hydrogen) atoms. The van der Waals surface area contributed by atoms with Crippen molar-refractivity contribution in [2.45, 2.75) is 13.3 Å². The number of rotatable bonds is 6. The maximum absolute atomic E-state index is 12.2. The van der Waals surface area contributed by atoms with Gasteiger partial charge in [-0.3, -0.25) is 4.79 Å². The van der Waals surface area contributed by atoms with Crippen LogP contribution in [-0.2, 0) is 21.1 Å². The molecule has 0 aliphatic rings. The third kappa shape index (κ3) is 5.51. The van der Waals surface area contributed by atoms with Crippen LogP contribution in [-0.4, -0.2) is 44.8 Å². The molecule has 1 aromatic rings. The van der Waals surface area contributed by atoms with Gasteiger partial charge in [0.25, 0.3) is 0 Å². The largest absolute Gasteiger partial charge is 0.345 e. The number of carbonyl (C=O) groups excluding carboxylic acids is 1. The first-order valence-electron chi connectivity index (χ1n) is 6.37. The third-order valence-corrected chi connectivity index (χ3v) is 4.37. The van der Waals surface area contributed by atoms with Gasteiger partial charge < -0.3 is 4.90 Å². The van der Waals surface area contributed by atoms with Gasteiger partial charge in [-0.15, -0.1) is 0 Å². The predicted molar refractivity (Wildman–Crippen MR) is 81.7 cm³/mol. The highest BCUT2D eigenvalue weighted by atomic mass is 35.5. The monoisotopic (exact) mass is 317 g/mol. The van der Waals surface area contributed by atoms with Gasteiger partial charge in [0.2, 0.25) is 5.91 Å². The van der Waals surface area contributed by atoms with Crippen LogP contribution < -0.4 is 0 Å². The summed E-state index contributed by atoms with van der Waals surface area (Å²) in [7, 11) is -1.44. The van der Waals surface area contributed by atoms with Crippen molar-refractivity contribution in [3.8, 4) is 0 Å². The van der Waals surface area contributed by atoms with E-state index in [4.69, 9.17) is 11.6 Å². The summed E-state index contributed by atoms with van der Waals surface area (Å²) in [6.07, 6.45) is 1.71. The van der Waals surface area contributed by atoms with Gasteiger partial charge >= 0.3 is 0 Å². The lowest BCUT2D eigenvalue weighted by molar-refractivity contribution is -0.133. The maximum Gasteiger partial charge on any atom is 0.225 e. The minimum absolute atomic E-state index is 0.0198. The number of hydrogen-bond acceptors (Lipinski definition) is 3. The fourth-order valence-corrected chi connectivity index (χ4v) is 2.69. The Labute approximate surface area is 125 Å². The zero-order valence-corrected chi connectivity index (χ0v) is 13.5. The van der Waals surface area contributed by atoms with Crippen LogP contribution in [0.15, 0.2) is 24.3 Å². The van der Waals surface area contributed by atoms with Crippen LogP contribution in [0.5, 0.6) is 0 Å². The highest BCUT2D eigenvalue weighted by molar-refractivity contribution is 7.90. The lowest BCUT2D eigenvalue weighted by Gasteiger charge is -2.21. The van der Waals surface area contributed by atoms with Gasteiger partial charge in [-0.25, -0.2) is 8.42 Å². The van der Waals surface area contributed by atoms with Crippen LogP contribution >= 0.6 is 11.6 Å². The van der Waals surface area contributed by atoms with E-state index in [-0.39, 0.29) is 24.1 Å². The fraction of sp³-hybridized carbons (Fsp3) is 0.500. The number of halogens is 1. The lowest BCUT2D eigenvalue weighted by Crippen LogP contribution is -2.35. The number of carbonyl (C=O) groups is 1. The summed E-state index contributed by atoms with van der Waals surface area (Å²) in [6, 6.07) is 7.41. The summed E-state index contributed by atoms with van der Waals surface area (Å²) in [5.74, 6) is -0.332. The molecule has 1 aromatic carbocycles. The number of sulfone groups is 1. The Bertz CT molecular complexity index is 572. The molecule has 0 aliphatic carbocycles. The van der Waals surface area contributed by atoms with Crippen LogP contribution in [0.2, 0.25) is 5.02 Å². The lowest BCUT2D eigenvalue weighted by atomic mass is 10.00. The van der Waals surface area contributed by atoms with E-state index in [0.717, 1.165) is 5.56 Å². The van der Waals surface area contributed by atoms with Gasteiger partial charge in [0, 0.05) is 30.8 Å². The van der Waals surface area contributed by atoms with Gasteiger partial charge in [0.05, 0.1) is 5.75 Å². The summed E-state index contributed by atoms with van der Waals surface area (Å²) in [5.41, 5.74) is 0.923. The summed E-state index contributed by atoms with van der Waals surface area (Å²) >= 11 is 6.07. The Balaban J connectivity index is 2.61. The molecule has 0 bridgehead atoms. The van der Waals surface area contributed by atoms with Gasteiger partial charge in [-0.1, -0.05) is 36.7 Å². The molecule has 0 heterocycles. The van der Waals surface area contributed by atoms with Crippen molar-refractivity contribution >= 4 is 27.3 Å². The summed E-state index contributed by atoms with van der Waals surface area (Å²) < 4.78 is 22.2. The van der Waals surface area contributed by atoms with Crippen molar-refractivity contribution in [1.82, 2.24) is 4.90 Å². The third-order valence-electron chi connectivity index (χ3n) is 3.08. The molecule has 0 saturated heterocycles. The first kappa shape index (κ1) is 17.0. The normalized spacial score (nSPS) is 13.0. The molecule has 0 aromatic heterocycles. The average molecular weight is 318 g/mol. The molecule has 0 N–H and O–H groups in total. The van der Waals surface area contributed by atoms with Crippen LogP contribution in [0.1, 0.15) is 12.5 Å². The predicted octanol–water partition coefficient (Wildman–Crippen LogP) is 2.02. The van der Waals surface area contributed by atoms with Crippen molar-refractivity contribution in [3.63, 3.8) is 0 Å². The van der Waals surface area contributed by atoms with Crippen molar-refractivity contribution in [3.05, 3.63) is 34.9 Å². The van der Waals surface area contributed by atoms with Crippen LogP contribution in [0, 0.1) is 5.92 Å². The number of hydrogen-bond donors (Lipinski definition) is 0. The second-order valence-corrected chi connectivity index (χ2v) is 7.75. The van der Waals surface area contributed by atoms with Crippen LogP contribution in [0.3, 0.4) is 0 Å². The molecule has 1 rings (SSSR count). The van der Waals surface area contributed by atoms with Crippen molar-refractivity contribution in [2.75, 3.05) is 25.6 Å². The summed E-state index contributed by atoms with van der Waals surface area (Å²) in [6.45, 7) is 2.03. The Morgan fingerprint density at radius 3 is 2.50 bits per heavy atom. The average Bonchev–Trinajstić information content (AvgIpc) is 2.36. The molecule has 1 unspecified atom stereocenters. The molecule has 0 aliphatic heterocycles. The summed E-state index contributed by atoms with van der Waals surface area (Å²) in [5, 5.41) is 0.644. The molecule has 0 saturated carbocycles. The van der Waals surface area contributed by atoms with E-state index in [9.17, 15) is 13.2 Å². The van der Waals surface area contributed by atoms with E-state index < -0.39 is 9.84 Å². The quantitative estimate of drug-likeness (QED) is 0.806. The van der Waals surface area contributed by atoms with Gasteiger partial charge in [0.15, 0.2) is 0 Å². The van der Waals surface area contributed by atoms with E-state index in [1.807, 2.05) is 25.1 Å². The highest BCUT2D eigenvalue weighted by Crippen LogP contribution is 2.19. The Morgan fingerprint density at radius 2 is 1.95 bits per heavy atom. The van der Waals surface area contributed by atoms with Crippen molar-refractivity contribution in [2.24, 2.45) is 5.92 Å². The molecule has 1 atom stereocenters. The second-order valence-electron chi connectivity index (χ2n) is 5.09. The number of amides is 1. The minimum Gasteiger partial charge on any atom is -0.345 e. The van der Waals surface area contributed by atoms with Crippen molar-refractivity contribution in [1.29, 1.82) is 0 Å². The smallest absolute Gasteiger partial charge is 0.225 e. The standard InChI is InChI=1S/C14H20ClNO3S/c1-11(10-12-6-4-5-7-13(12)15)14(17)16(2)8-9-20(3,18)19/h4-7,11H,8-10H2,1-3H3. The molecule has 0 spiro atoms. The number of benzene rings is 1. The Hall–Kier alpha value is -1.07. The molecule has 6 heteroatoms. The highest BCUT2D eigenvalue weighted by Gasteiger charge is 2.19. The maximum atomic E-state index is 12.2.